The third-order valence-electron chi connectivity index (χ3n) is 4.20. The molecule has 0 unspecified atom stereocenters. The van der Waals surface area contributed by atoms with Crippen LogP contribution in [0.4, 0.5) is 0 Å². The molecule has 2 aromatic carbocycles. The van der Waals surface area contributed by atoms with E-state index in [1.165, 1.54) is 39.0 Å². The van der Waals surface area contributed by atoms with Crippen LogP contribution in [0.5, 0.6) is 0 Å². The van der Waals surface area contributed by atoms with Crippen molar-refractivity contribution >= 4 is 11.6 Å². The van der Waals surface area contributed by atoms with Gasteiger partial charge in [0.15, 0.2) is 0 Å². The summed E-state index contributed by atoms with van der Waals surface area (Å²) in [6.45, 7) is 4.29. The molecule has 4 rings (SSSR count). The van der Waals surface area contributed by atoms with Crippen molar-refractivity contribution in [1.82, 2.24) is 4.98 Å². The number of aromatic nitrogens is 1. The summed E-state index contributed by atoms with van der Waals surface area (Å²) in [4.78, 5) is 4.46. The molecule has 1 nitrogen and oxygen atoms in total. The summed E-state index contributed by atoms with van der Waals surface area (Å²) in [5.74, 6) is 0. The van der Waals surface area contributed by atoms with Crippen LogP contribution in [0.2, 0.25) is 0 Å². The second kappa shape index (κ2) is 4.96. The van der Waals surface area contributed by atoms with Crippen LogP contribution < -0.4 is 0 Å². The van der Waals surface area contributed by atoms with E-state index in [4.69, 9.17) is 0 Å². The van der Waals surface area contributed by atoms with Gasteiger partial charge in [-0.25, -0.2) is 0 Å². The first-order valence-corrected chi connectivity index (χ1v) is 7.57. The van der Waals surface area contributed by atoms with Crippen molar-refractivity contribution in [3.8, 4) is 11.1 Å². The minimum absolute atomic E-state index is 0.999. The fourth-order valence-electron chi connectivity index (χ4n) is 3.14. The van der Waals surface area contributed by atoms with E-state index >= 15 is 0 Å². The zero-order valence-corrected chi connectivity index (χ0v) is 12.8. The Morgan fingerprint density at radius 3 is 1.91 bits per heavy atom. The van der Waals surface area contributed by atoms with Crippen molar-refractivity contribution < 1.29 is 0 Å². The van der Waals surface area contributed by atoms with Gasteiger partial charge in [-0.2, -0.15) is 0 Å². The van der Waals surface area contributed by atoms with Crippen LogP contribution in [-0.2, 0) is 0 Å². The molecule has 1 heteroatoms. The first-order valence-electron chi connectivity index (χ1n) is 7.57. The Kier molecular flexibility index (Phi) is 2.93. The van der Waals surface area contributed by atoms with Gasteiger partial charge in [-0.3, -0.25) is 4.98 Å². The molecule has 1 heterocycles. The lowest BCUT2D eigenvalue weighted by Crippen LogP contribution is -1.85. The molecule has 3 aromatic rings. The van der Waals surface area contributed by atoms with E-state index in [1.807, 2.05) is 18.3 Å². The molecule has 1 aromatic heterocycles. The Hall–Kier alpha value is -2.67. The minimum Gasteiger partial charge on any atom is -0.257 e. The lowest BCUT2D eigenvalue weighted by molar-refractivity contribution is 1.30. The predicted octanol–water partition coefficient (Wildman–Crippen LogP) is 5.27. The fraction of sp³-hybridized carbons (Fsp3) is 0.0952. The summed E-state index contributed by atoms with van der Waals surface area (Å²) in [6, 6.07) is 19.4. The summed E-state index contributed by atoms with van der Waals surface area (Å²) in [7, 11) is 0. The largest absolute Gasteiger partial charge is 0.257 e. The van der Waals surface area contributed by atoms with Crippen molar-refractivity contribution in [3.05, 3.63) is 88.7 Å². The summed E-state index contributed by atoms with van der Waals surface area (Å²) in [5.41, 5.74) is 10.1. The van der Waals surface area contributed by atoms with Crippen LogP contribution in [0.3, 0.4) is 0 Å². The number of hydrogen-bond acceptors (Lipinski definition) is 1. The van der Waals surface area contributed by atoms with Gasteiger partial charge in [0.25, 0.3) is 0 Å². The van der Waals surface area contributed by atoms with Gasteiger partial charge in [-0.05, 0) is 59.9 Å². The molecule has 0 radical (unpaired) electrons. The normalized spacial score (nSPS) is 12.0. The minimum atomic E-state index is 0.999. The lowest BCUT2D eigenvalue weighted by atomic mass is 10.0. The molecule has 1 aliphatic rings. The molecular weight excluding hydrogens is 266 g/mol. The Bertz CT molecular complexity index is 836. The first-order chi connectivity index (χ1) is 10.7. The number of hydrogen-bond donors (Lipinski definition) is 0. The lowest BCUT2D eigenvalue weighted by Gasteiger charge is -2.04. The maximum Gasteiger partial charge on any atom is 0.0636 e. The first kappa shape index (κ1) is 13.0. The second-order valence-electron chi connectivity index (χ2n) is 5.91. The van der Waals surface area contributed by atoms with E-state index in [9.17, 15) is 0 Å². The van der Waals surface area contributed by atoms with E-state index in [1.54, 1.807) is 0 Å². The molecule has 0 fully saturated rings. The van der Waals surface area contributed by atoms with Crippen LogP contribution in [0, 0.1) is 13.8 Å². The average molecular weight is 283 g/mol. The van der Waals surface area contributed by atoms with Crippen LogP contribution in [-0.4, -0.2) is 4.98 Å². The third-order valence-corrected chi connectivity index (χ3v) is 4.20. The summed E-state index contributed by atoms with van der Waals surface area (Å²) in [5, 5.41) is 0. The van der Waals surface area contributed by atoms with E-state index in [-0.39, 0.29) is 0 Å². The van der Waals surface area contributed by atoms with Gasteiger partial charge in [0, 0.05) is 6.20 Å². The monoisotopic (exact) mass is 283 g/mol. The Labute approximate surface area is 131 Å². The summed E-state index contributed by atoms with van der Waals surface area (Å²) < 4.78 is 0. The Balaban J connectivity index is 2.00. The zero-order chi connectivity index (χ0) is 15.1. The van der Waals surface area contributed by atoms with E-state index in [0.29, 0.717) is 0 Å². The number of nitrogens with zero attached hydrogens (tertiary/aromatic N) is 1. The number of benzene rings is 2. The molecule has 0 spiro atoms. The SMILES string of the molecule is Cc1ccc2c(c1)C(=Cc1ccccn1)c1cc(C)ccc1-2. The van der Waals surface area contributed by atoms with E-state index in [0.717, 1.165) is 5.69 Å². The van der Waals surface area contributed by atoms with Crippen molar-refractivity contribution in [2.24, 2.45) is 0 Å². The molecule has 0 amide bonds. The molecule has 1 aliphatic carbocycles. The van der Waals surface area contributed by atoms with Crippen molar-refractivity contribution in [1.29, 1.82) is 0 Å². The van der Waals surface area contributed by atoms with E-state index < -0.39 is 0 Å². The average Bonchev–Trinajstić information content (AvgIpc) is 2.81. The van der Waals surface area contributed by atoms with E-state index in [2.05, 4.69) is 67.4 Å². The Morgan fingerprint density at radius 1 is 0.727 bits per heavy atom. The van der Waals surface area contributed by atoms with Gasteiger partial charge in [0.2, 0.25) is 0 Å². The fourth-order valence-corrected chi connectivity index (χ4v) is 3.14. The zero-order valence-electron chi connectivity index (χ0n) is 12.8. The number of aryl methyl sites for hydroxylation is 2. The van der Waals surface area contributed by atoms with Crippen molar-refractivity contribution in [2.45, 2.75) is 13.8 Å². The molecule has 0 saturated carbocycles. The van der Waals surface area contributed by atoms with Crippen LogP contribution >= 0.6 is 0 Å². The molecule has 0 bridgehead atoms. The molecule has 0 aliphatic heterocycles. The van der Waals surface area contributed by atoms with Gasteiger partial charge in [0.05, 0.1) is 5.69 Å². The maximum absolute atomic E-state index is 4.46. The van der Waals surface area contributed by atoms with Crippen LogP contribution in [0.1, 0.15) is 27.9 Å². The highest BCUT2D eigenvalue weighted by atomic mass is 14.6. The molecule has 22 heavy (non-hydrogen) atoms. The smallest absolute Gasteiger partial charge is 0.0636 e. The Morgan fingerprint density at radius 2 is 1.36 bits per heavy atom. The van der Waals surface area contributed by atoms with Gasteiger partial charge >= 0.3 is 0 Å². The molecular formula is C21H17N. The van der Waals surface area contributed by atoms with Gasteiger partial charge < -0.3 is 0 Å². The number of fused-ring (bicyclic) bond motifs is 3. The highest BCUT2D eigenvalue weighted by Crippen LogP contribution is 2.45. The van der Waals surface area contributed by atoms with Crippen molar-refractivity contribution in [2.75, 3.05) is 0 Å². The highest BCUT2D eigenvalue weighted by molar-refractivity contribution is 6.06. The number of rotatable bonds is 1. The van der Waals surface area contributed by atoms with Gasteiger partial charge in [-0.15, -0.1) is 0 Å². The summed E-state index contributed by atoms with van der Waals surface area (Å²) in [6.07, 6.45) is 4.04. The molecule has 0 atom stereocenters. The number of pyridine rings is 1. The quantitative estimate of drug-likeness (QED) is 0.464. The molecule has 0 N–H and O–H groups in total. The van der Waals surface area contributed by atoms with Crippen LogP contribution in [0.25, 0.3) is 22.8 Å². The molecule has 0 saturated heterocycles. The maximum atomic E-state index is 4.46. The van der Waals surface area contributed by atoms with Crippen molar-refractivity contribution in [3.63, 3.8) is 0 Å². The van der Waals surface area contributed by atoms with Crippen LogP contribution in [0.15, 0.2) is 60.8 Å². The third kappa shape index (κ3) is 2.06. The van der Waals surface area contributed by atoms with Gasteiger partial charge in [-0.1, -0.05) is 53.6 Å². The topological polar surface area (TPSA) is 12.9 Å². The highest BCUT2D eigenvalue weighted by Gasteiger charge is 2.23. The predicted molar refractivity (Wildman–Crippen MR) is 92.6 cm³/mol. The standard InChI is InChI=1S/C21H17N/c1-14-6-8-17-18-9-7-15(2)12-20(18)21(19(17)11-14)13-16-5-3-4-10-22-16/h3-13H,1-2H3. The second-order valence-corrected chi connectivity index (χ2v) is 5.91. The van der Waals surface area contributed by atoms with Gasteiger partial charge in [0.1, 0.15) is 0 Å². The molecule has 106 valence electrons. The summed E-state index contributed by atoms with van der Waals surface area (Å²) >= 11 is 0.